The maximum atomic E-state index is 14.4. The van der Waals surface area contributed by atoms with Crippen molar-refractivity contribution in [2.75, 3.05) is 27.9 Å². The molecular formula is C18H23FLiNO8. The molecule has 0 aliphatic rings. The van der Waals surface area contributed by atoms with Crippen molar-refractivity contribution in [3.63, 3.8) is 0 Å². The molecule has 1 rings (SSSR count). The molecule has 0 N–H and O–H groups in total. The van der Waals surface area contributed by atoms with Crippen molar-refractivity contribution >= 4 is 18.2 Å². The normalized spacial score (nSPS) is 10.9. The van der Waals surface area contributed by atoms with Gasteiger partial charge in [-0.25, -0.2) is 18.9 Å². The zero-order valence-corrected chi connectivity index (χ0v) is 17.2. The van der Waals surface area contributed by atoms with Gasteiger partial charge in [-0.2, -0.15) is 0 Å². The van der Waals surface area contributed by atoms with Crippen LogP contribution >= 0.6 is 0 Å². The van der Waals surface area contributed by atoms with Gasteiger partial charge in [-0.3, -0.25) is 0 Å². The first-order chi connectivity index (χ1) is 13.3. The van der Waals surface area contributed by atoms with Crippen LogP contribution in [0.25, 0.3) is 0 Å². The Bertz CT molecular complexity index is 715. The van der Waals surface area contributed by atoms with Crippen LogP contribution in [-0.2, 0) is 20.7 Å². The maximum absolute atomic E-state index is 14.4. The van der Waals surface area contributed by atoms with E-state index >= 15 is 0 Å². The summed E-state index contributed by atoms with van der Waals surface area (Å²) in [5.74, 6) is -1.60. The van der Waals surface area contributed by atoms with E-state index < -0.39 is 36.4 Å². The van der Waals surface area contributed by atoms with Crippen LogP contribution in [0, 0.1) is 5.82 Å². The van der Waals surface area contributed by atoms with E-state index in [1.807, 2.05) is 6.92 Å². The first-order valence-electron chi connectivity index (χ1n) is 8.45. The molecule has 0 saturated heterocycles. The average Bonchev–Trinajstić information content (AvgIpc) is 2.67. The van der Waals surface area contributed by atoms with Crippen molar-refractivity contribution in [3.05, 3.63) is 23.5 Å². The Morgan fingerprint density at radius 3 is 2.21 bits per heavy atom. The third kappa shape index (κ3) is 7.14. The number of esters is 1. The summed E-state index contributed by atoms with van der Waals surface area (Å²) < 4.78 is 33.9. The zero-order valence-electron chi connectivity index (χ0n) is 17.2. The van der Waals surface area contributed by atoms with Gasteiger partial charge < -0.3 is 28.8 Å². The van der Waals surface area contributed by atoms with E-state index in [1.165, 1.54) is 20.3 Å². The number of imide groups is 1. The molecule has 0 radical (unpaired) electrons. The Labute approximate surface area is 180 Å². The molecule has 1 atom stereocenters. The van der Waals surface area contributed by atoms with Crippen molar-refractivity contribution in [2.24, 2.45) is 0 Å². The van der Waals surface area contributed by atoms with Crippen LogP contribution in [0.15, 0.2) is 12.1 Å². The summed E-state index contributed by atoms with van der Waals surface area (Å²) in [6, 6.07) is 0.544. The van der Waals surface area contributed by atoms with Crippen LogP contribution in [0.5, 0.6) is 11.5 Å². The Morgan fingerprint density at radius 2 is 1.72 bits per heavy atom. The fraction of sp³-hybridized carbons (Fsp3) is 0.500. The van der Waals surface area contributed by atoms with Crippen LogP contribution < -0.4 is 33.4 Å². The number of carbonyl (C=O) groups is 3. The molecule has 156 valence electrons. The Balaban J connectivity index is 0.00000784. The molecule has 0 aliphatic heterocycles. The third-order valence-corrected chi connectivity index (χ3v) is 3.87. The van der Waals surface area contributed by atoms with Crippen molar-refractivity contribution in [1.29, 1.82) is 0 Å². The fourth-order valence-electron chi connectivity index (χ4n) is 2.38. The SMILES string of the molecule is CCCCOC(=O)N(C(=O)[O-])C(Cc1cc(OC)c(OC)cc1F)C(=O)OC.[Li+]. The molecule has 29 heavy (non-hydrogen) atoms. The van der Waals surface area contributed by atoms with Gasteiger partial charge in [0.25, 0.3) is 0 Å². The summed E-state index contributed by atoms with van der Waals surface area (Å²) in [5, 5.41) is 11.5. The number of halogens is 1. The van der Waals surface area contributed by atoms with Crippen molar-refractivity contribution in [1.82, 2.24) is 4.90 Å². The molecule has 0 fully saturated rings. The first kappa shape index (κ1) is 26.6. The van der Waals surface area contributed by atoms with Gasteiger partial charge in [-0.05, 0) is 18.1 Å². The van der Waals surface area contributed by atoms with Crippen LogP contribution in [0.3, 0.4) is 0 Å². The molecule has 0 heterocycles. The van der Waals surface area contributed by atoms with E-state index in [0.29, 0.717) is 12.8 Å². The van der Waals surface area contributed by atoms with Crippen LogP contribution in [0.4, 0.5) is 14.0 Å². The molecular weight excluding hydrogens is 384 g/mol. The largest absolute Gasteiger partial charge is 1.00 e. The topological polar surface area (TPSA) is 114 Å². The van der Waals surface area contributed by atoms with E-state index in [-0.39, 0.29) is 47.4 Å². The van der Waals surface area contributed by atoms with Gasteiger partial charge in [-0.1, -0.05) is 13.3 Å². The summed E-state index contributed by atoms with van der Waals surface area (Å²) in [4.78, 5) is 35.9. The van der Waals surface area contributed by atoms with Gasteiger partial charge in [-0.15, -0.1) is 0 Å². The number of carbonyl (C=O) groups excluding carboxylic acids is 3. The predicted octanol–water partition coefficient (Wildman–Crippen LogP) is -1.49. The minimum Gasteiger partial charge on any atom is -0.529 e. The van der Waals surface area contributed by atoms with Gasteiger partial charge in [0, 0.05) is 12.5 Å². The zero-order chi connectivity index (χ0) is 21.3. The number of amides is 2. The number of hydrogen-bond donors (Lipinski definition) is 0. The van der Waals surface area contributed by atoms with Crippen molar-refractivity contribution < 1.29 is 61.7 Å². The molecule has 2 amide bonds. The van der Waals surface area contributed by atoms with Crippen molar-refractivity contribution in [2.45, 2.75) is 32.2 Å². The van der Waals surface area contributed by atoms with Gasteiger partial charge in [0.2, 0.25) is 0 Å². The second-order valence-corrected chi connectivity index (χ2v) is 5.65. The maximum Gasteiger partial charge on any atom is 1.00 e. The summed E-state index contributed by atoms with van der Waals surface area (Å²) >= 11 is 0. The summed E-state index contributed by atoms with van der Waals surface area (Å²) in [5.41, 5.74) is -0.0966. The minimum atomic E-state index is -1.97. The van der Waals surface area contributed by atoms with Gasteiger partial charge in [0.15, 0.2) is 11.5 Å². The number of methoxy groups -OCH3 is 3. The summed E-state index contributed by atoms with van der Waals surface area (Å²) in [6.07, 6.45) is -2.59. The smallest absolute Gasteiger partial charge is 0.529 e. The number of hydrogen-bond acceptors (Lipinski definition) is 8. The number of unbranched alkanes of at least 4 members (excludes halogenated alkanes) is 1. The van der Waals surface area contributed by atoms with E-state index in [1.54, 1.807) is 0 Å². The molecule has 9 nitrogen and oxygen atoms in total. The summed E-state index contributed by atoms with van der Waals surface area (Å²) in [6.45, 7) is 1.80. The predicted molar refractivity (Wildman–Crippen MR) is 92.5 cm³/mol. The summed E-state index contributed by atoms with van der Waals surface area (Å²) in [7, 11) is 3.66. The molecule has 1 aromatic rings. The second-order valence-electron chi connectivity index (χ2n) is 5.65. The number of nitrogens with zero attached hydrogens (tertiary/aromatic N) is 1. The van der Waals surface area contributed by atoms with Crippen molar-refractivity contribution in [3.8, 4) is 11.5 Å². The van der Waals surface area contributed by atoms with E-state index in [4.69, 9.17) is 14.2 Å². The first-order valence-corrected chi connectivity index (χ1v) is 8.45. The quantitative estimate of drug-likeness (QED) is 0.276. The monoisotopic (exact) mass is 407 g/mol. The van der Waals surface area contributed by atoms with E-state index in [9.17, 15) is 23.9 Å². The van der Waals surface area contributed by atoms with Gasteiger partial charge in [0.1, 0.15) is 18.0 Å². The third-order valence-electron chi connectivity index (χ3n) is 3.87. The number of benzene rings is 1. The molecule has 0 aliphatic carbocycles. The average molecular weight is 407 g/mol. The van der Waals surface area contributed by atoms with Gasteiger partial charge in [0.05, 0.1) is 27.9 Å². The molecule has 0 saturated carbocycles. The Kier molecular flexibility index (Phi) is 11.8. The standard InChI is InChI=1S/C18H24FNO8.Li/c1-5-6-7-28-18(24)20(17(22)23)13(16(21)27-4)8-11-9-14(25-2)15(26-3)10-12(11)19;/h9-10,13H,5-8H2,1-4H3,(H,22,23);/q;+1/p-1. The van der Waals surface area contributed by atoms with Crippen LogP contribution in [0.1, 0.15) is 25.3 Å². The van der Waals surface area contributed by atoms with E-state index in [0.717, 1.165) is 13.2 Å². The minimum absolute atomic E-state index is 0. The molecule has 0 bridgehead atoms. The Hall–Kier alpha value is -2.44. The number of rotatable bonds is 9. The van der Waals surface area contributed by atoms with E-state index in [2.05, 4.69) is 4.74 Å². The number of carboxylic acid groups (broad SMARTS) is 1. The number of ether oxygens (including phenoxy) is 4. The molecule has 0 aromatic heterocycles. The second kappa shape index (κ2) is 12.9. The fourth-order valence-corrected chi connectivity index (χ4v) is 2.38. The Morgan fingerprint density at radius 1 is 1.14 bits per heavy atom. The molecule has 0 spiro atoms. The molecule has 11 heteroatoms. The molecule has 1 unspecified atom stereocenters. The van der Waals surface area contributed by atoms with Crippen LogP contribution in [0.2, 0.25) is 0 Å². The van der Waals surface area contributed by atoms with Crippen LogP contribution in [-0.4, -0.2) is 57.0 Å². The molecule has 1 aromatic carbocycles. The van der Waals surface area contributed by atoms with Gasteiger partial charge >= 0.3 is 30.9 Å².